The molecule has 3 N–H and O–H groups in total. The highest BCUT2D eigenvalue weighted by Gasteiger charge is 2.06. The molecule has 0 heterocycles. The van der Waals surface area contributed by atoms with Gasteiger partial charge >= 0.3 is 0 Å². The van der Waals surface area contributed by atoms with Crippen molar-refractivity contribution in [2.45, 2.75) is 20.4 Å². The quantitative estimate of drug-likeness (QED) is 0.865. The van der Waals surface area contributed by atoms with Crippen molar-refractivity contribution < 1.29 is 4.39 Å². The van der Waals surface area contributed by atoms with Crippen LogP contribution in [0.4, 0.5) is 15.8 Å². The molecule has 0 saturated heterocycles. The van der Waals surface area contributed by atoms with E-state index >= 15 is 0 Å². The van der Waals surface area contributed by atoms with Gasteiger partial charge in [0, 0.05) is 12.2 Å². The average molecular weight is 244 g/mol. The van der Waals surface area contributed by atoms with Crippen LogP contribution in [0.2, 0.25) is 0 Å². The number of halogens is 1. The highest BCUT2D eigenvalue weighted by atomic mass is 19.1. The third-order valence-corrected chi connectivity index (χ3v) is 3.01. The molecule has 0 amide bonds. The van der Waals surface area contributed by atoms with E-state index in [1.807, 2.05) is 38.1 Å². The second kappa shape index (κ2) is 5.19. The highest BCUT2D eigenvalue weighted by molar-refractivity contribution is 5.67. The molecule has 0 unspecified atom stereocenters. The first-order valence-corrected chi connectivity index (χ1v) is 5.93. The molecule has 0 bridgehead atoms. The predicted molar refractivity (Wildman–Crippen MR) is 73.5 cm³/mol. The number of anilines is 2. The molecule has 0 aromatic heterocycles. The van der Waals surface area contributed by atoms with Gasteiger partial charge in [0.2, 0.25) is 0 Å². The summed E-state index contributed by atoms with van der Waals surface area (Å²) in [7, 11) is 0. The Hall–Kier alpha value is -1.87. The molecular formula is C15H17FN2. The molecule has 2 nitrogen and oxygen atoms in total. The number of hydrogen-bond donors (Lipinski definition) is 2. The molecule has 0 radical (unpaired) electrons. The first kappa shape index (κ1) is 12.6. The number of nitrogens with one attached hydrogen (secondary N) is 1. The predicted octanol–water partition coefficient (Wildman–Crippen LogP) is 3.64. The first-order chi connectivity index (χ1) is 8.61. The van der Waals surface area contributed by atoms with Gasteiger partial charge in [0.1, 0.15) is 5.82 Å². The van der Waals surface area contributed by atoms with E-state index < -0.39 is 0 Å². The lowest BCUT2D eigenvalue weighted by atomic mass is 10.1. The number of rotatable bonds is 3. The molecule has 0 aliphatic rings. The Morgan fingerprint density at radius 2 is 1.78 bits per heavy atom. The van der Waals surface area contributed by atoms with E-state index in [0.717, 1.165) is 22.4 Å². The Bertz CT molecular complexity index is 544. The smallest absolute Gasteiger partial charge is 0.146 e. The fourth-order valence-corrected chi connectivity index (χ4v) is 1.93. The zero-order valence-corrected chi connectivity index (χ0v) is 10.6. The standard InChI is InChI=1S/C15H17FN2/c1-10-4-3-5-11(2)15(10)18-14-7-6-12(9-17)8-13(14)16/h3-8,18H,9,17H2,1-2H3. The Balaban J connectivity index is 2.34. The minimum atomic E-state index is -0.277. The molecule has 2 rings (SSSR count). The number of para-hydroxylation sites is 1. The van der Waals surface area contributed by atoms with E-state index in [1.165, 1.54) is 6.07 Å². The highest BCUT2D eigenvalue weighted by Crippen LogP contribution is 2.26. The van der Waals surface area contributed by atoms with Crippen LogP contribution >= 0.6 is 0 Å². The molecule has 18 heavy (non-hydrogen) atoms. The van der Waals surface area contributed by atoms with E-state index in [2.05, 4.69) is 5.32 Å². The maximum Gasteiger partial charge on any atom is 0.146 e. The molecule has 0 fully saturated rings. The van der Waals surface area contributed by atoms with Gasteiger partial charge < -0.3 is 11.1 Å². The largest absolute Gasteiger partial charge is 0.353 e. The van der Waals surface area contributed by atoms with Crippen molar-refractivity contribution in [3.8, 4) is 0 Å². The zero-order chi connectivity index (χ0) is 13.1. The van der Waals surface area contributed by atoms with Crippen molar-refractivity contribution in [1.29, 1.82) is 0 Å². The first-order valence-electron chi connectivity index (χ1n) is 5.93. The van der Waals surface area contributed by atoms with Gasteiger partial charge in [-0.05, 0) is 42.7 Å². The van der Waals surface area contributed by atoms with E-state index in [0.29, 0.717) is 12.2 Å². The summed E-state index contributed by atoms with van der Waals surface area (Å²) in [6, 6.07) is 11.0. The Morgan fingerprint density at radius 1 is 1.11 bits per heavy atom. The summed E-state index contributed by atoms with van der Waals surface area (Å²) in [6.07, 6.45) is 0. The van der Waals surface area contributed by atoms with Gasteiger partial charge in [-0.25, -0.2) is 4.39 Å². The van der Waals surface area contributed by atoms with Gasteiger partial charge in [0.15, 0.2) is 0 Å². The molecule has 94 valence electrons. The maximum absolute atomic E-state index is 13.9. The van der Waals surface area contributed by atoms with Crippen LogP contribution in [0.15, 0.2) is 36.4 Å². The molecule has 0 aliphatic carbocycles. The lowest BCUT2D eigenvalue weighted by Gasteiger charge is -2.13. The van der Waals surface area contributed by atoms with E-state index in [4.69, 9.17) is 5.73 Å². The summed E-state index contributed by atoms with van der Waals surface area (Å²) < 4.78 is 13.9. The summed E-state index contributed by atoms with van der Waals surface area (Å²) in [5.74, 6) is -0.277. The summed E-state index contributed by atoms with van der Waals surface area (Å²) in [5, 5.41) is 3.14. The van der Waals surface area contributed by atoms with Gasteiger partial charge in [-0.1, -0.05) is 24.3 Å². The van der Waals surface area contributed by atoms with Gasteiger partial charge in [-0.3, -0.25) is 0 Å². The van der Waals surface area contributed by atoms with Crippen LogP contribution in [0.25, 0.3) is 0 Å². The fourth-order valence-electron chi connectivity index (χ4n) is 1.93. The second-order valence-electron chi connectivity index (χ2n) is 4.41. The van der Waals surface area contributed by atoms with Gasteiger partial charge in [0.25, 0.3) is 0 Å². The van der Waals surface area contributed by atoms with Crippen LogP contribution in [-0.4, -0.2) is 0 Å². The summed E-state index contributed by atoms with van der Waals surface area (Å²) >= 11 is 0. The number of aryl methyl sites for hydroxylation is 2. The molecule has 0 saturated carbocycles. The number of nitrogens with two attached hydrogens (primary N) is 1. The molecule has 0 atom stereocenters. The van der Waals surface area contributed by atoms with Gasteiger partial charge in [-0.2, -0.15) is 0 Å². The molecule has 2 aromatic carbocycles. The van der Waals surface area contributed by atoms with Crippen LogP contribution in [0.1, 0.15) is 16.7 Å². The van der Waals surface area contributed by atoms with Crippen molar-refractivity contribution >= 4 is 11.4 Å². The SMILES string of the molecule is Cc1cccc(C)c1Nc1ccc(CN)cc1F. The van der Waals surface area contributed by atoms with Crippen molar-refractivity contribution in [1.82, 2.24) is 0 Å². The molecule has 0 aliphatic heterocycles. The van der Waals surface area contributed by atoms with Crippen LogP contribution in [0.5, 0.6) is 0 Å². The van der Waals surface area contributed by atoms with Crippen LogP contribution in [-0.2, 0) is 6.54 Å². The molecule has 0 spiro atoms. The zero-order valence-electron chi connectivity index (χ0n) is 10.6. The van der Waals surface area contributed by atoms with Crippen LogP contribution < -0.4 is 11.1 Å². The number of benzene rings is 2. The Labute approximate surface area is 107 Å². The average Bonchev–Trinajstić information content (AvgIpc) is 2.35. The lowest BCUT2D eigenvalue weighted by molar-refractivity contribution is 0.629. The van der Waals surface area contributed by atoms with Crippen LogP contribution in [0, 0.1) is 19.7 Å². The fraction of sp³-hybridized carbons (Fsp3) is 0.200. The summed E-state index contributed by atoms with van der Waals surface area (Å²) in [5.41, 5.74) is 9.90. The summed E-state index contributed by atoms with van der Waals surface area (Å²) in [4.78, 5) is 0. The van der Waals surface area contributed by atoms with Crippen molar-refractivity contribution in [3.05, 3.63) is 58.9 Å². The normalized spacial score (nSPS) is 10.4. The van der Waals surface area contributed by atoms with Crippen molar-refractivity contribution in [2.75, 3.05) is 5.32 Å². The lowest BCUT2D eigenvalue weighted by Crippen LogP contribution is -2.01. The van der Waals surface area contributed by atoms with Crippen molar-refractivity contribution in [3.63, 3.8) is 0 Å². The van der Waals surface area contributed by atoms with E-state index in [1.54, 1.807) is 6.07 Å². The van der Waals surface area contributed by atoms with E-state index in [-0.39, 0.29) is 5.82 Å². The number of hydrogen-bond acceptors (Lipinski definition) is 2. The van der Waals surface area contributed by atoms with E-state index in [9.17, 15) is 4.39 Å². The maximum atomic E-state index is 13.9. The molecule has 3 heteroatoms. The van der Waals surface area contributed by atoms with Gasteiger partial charge in [-0.15, -0.1) is 0 Å². The molecular weight excluding hydrogens is 227 g/mol. The topological polar surface area (TPSA) is 38.0 Å². The molecule has 2 aromatic rings. The minimum absolute atomic E-state index is 0.277. The minimum Gasteiger partial charge on any atom is -0.353 e. The third kappa shape index (κ3) is 2.51. The Kier molecular flexibility index (Phi) is 3.63. The van der Waals surface area contributed by atoms with Crippen LogP contribution in [0.3, 0.4) is 0 Å². The summed E-state index contributed by atoms with van der Waals surface area (Å²) in [6.45, 7) is 4.35. The van der Waals surface area contributed by atoms with Gasteiger partial charge in [0.05, 0.1) is 5.69 Å². The van der Waals surface area contributed by atoms with Crippen molar-refractivity contribution in [2.24, 2.45) is 5.73 Å². The Morgan fingerprint density at radius 3 is 2.33 bits per heavy atom. The third-order valence-electron chi connectivity index (χ3n) is 3.01. The monoisotopic (exact) mass is 244 g/mol. The second-order valence-corrected chi connectivity index (χ2v) is 4.41.